The normalized spacial score (nSPS) is 17.2. The Labute approximate surface area is 294 Å². The van der Waals surface area contributed by atoms with Crippen molar-refractivity contribution in [2.75, 3.05) is 12.8 Å². The summed E-state index contributed by atoms with van der Waals surface area (Å²) in [6, 6.07) is 13.9. The number of esters is 1. The first kappa shape index (κ1) is 33.7. The largest absolute Gasteiger partial charge is 0.465 e. The molecule has 3 fully saturated rings. The lowest BCUT2D eigenvalue weighted by molar-refractivity contribution is 0.0599. The Morgan fingerprint density at radius 1 is 0.796 bits per heavy atom. The van der Waals surface area contributed by atoms with Crippen molar-refractivity contribution in [2.24, 2.45) is 11.8 Å². The quantitative estimate of drug-likeness (QED) is 0.129. The van der Waals surface area contributed by atoms with Gasteiger partial charge >= 0.3 is 15.7 Å². The van der Waals surface area contributed by atoms with Gasteiger partial charge in [-0.1, -0.05) is 67.3 Å². The fourth-order valence-electron chi connectivity index (χ4n) is 7.68. The van der Waals surface area contributed by atoms with E-state index in [2.05, 4.69) is 23.2 Å². The number of anilines is 1. The monoisotopic (exact) mass is 698 g/mol. The zero-order valence-corrected chi connectivity index (χ0v) is 30.0. The van der Waals surface area contributed by atoms with Crippen molar-refractivity contribution < 1.29 is 9.53 Å². The number of nitrogens with two attached hydrogens (primary N) is 1. The molecule has 0 aliphatic heterocycles. The number of hydrogen-bond acceptors (Lipinski definition) is 8. The van der Waals surface area contributed by atoms with Crippen LogP contribution in [0.1, 0.15) is 110 Å². The van der Waals surface area contributed by atoms with Gasteiger partial charge in [-0.2, -0.15) is 0 Å². The molecule has 0 unspecified atom stereocenters. The van der Waals surface area contributed by atoms with Gasteiger partial charge in [0.05, 0.1) is 38.8 Å². The molecule has 3 aliphatic rings. The van der Waals surface area contributed by atoms with E-state index >= 15 is 0 Å². The average Bonchev–Trinajstić information content (AvgIpc) is 3.87. The number of nitrogen functional groups attached to an aromatic ring is 1. The van der Waals surface area contributed by atoms with Crippen molar-refractivity contribution in [3.63, 3.8) is 0 Å². The molecule has 258 valence electrons. The lowest BCUT2D eigenvalue weighted by Crippen LogP contribution is -2.20. The summed E-state index contributed by atoms with van der Waals surface area (Å²) in [5.74, 6) is 1.48. The molecule has 10 heteroatoms. The predicted octanol–water partition coefficient (Wildman–Crippen LogP) is 8.52. The number of fused-ring (bicyclic) bond motifs is 2. The van der Waals surface area contributed by atoms with E-state index in [9.17, 15) is 14.4 Å². The van der Waals surface area contributed by atoms with Crippen LogP contribution in [0.2, 0.25) is 0 Å². The average molecular weight is 699 g/mol. The van der Waals surface area contributed by atoms with E-state index in [-0.39, 0.29) is 15.7 Å². The lowest BCUT2D eigenvalue weighted by Gasteiger charge is -2.21. The second-order valence-electron chi connectivity index (χ2n) is 14.2. The third-order valence-corrected chi connectivity index (χ3v) is 12.5. The highest BCUT2D eigenvalue weighted by atomic mass is 32.1. The molecule has 49 heavy (non-hydrogen) atoms. The Bertz CT molecular complexity index is 2060. The molecule has 3 aliphatic carbocycles. The zero-order chi connectivity index (χ0) is 33.9. The first-order valence-corrected chi connectivity index (χ1v) is 19.6. The smallest absolute Gasteiger partial charge is 0.339 e. The van der Waals surface area contributed by atoms with Crippen molar-refractivity contribution in [3.05, 3.63) is 90.4 Å². The van der Waals surface area contributed by atoms with Gasteiger partial charge in [-0.05, 0) is 104 Å². The summed E-state index contributed by atoms with van der Waals surface area (Å²) < 4.78 is 10.9. The molecule has 8 rings (SSSR count). The molecule has 0 bridgehead atoms. The number of carbonyl (C=O) groups is 1. The van der Waals surface area contributed by atoms with Gasteiger partial charge in [0.1, 0.15) is 0 Å². The topological polar surface area (TPSA) is 109 Å². The summed E-state index contributed by atoms with van der Waals surface area (Å²) in [6.45, 7) is 1.71. The van der Waals surface area contributed by atoms with Gasteiger partial charge in [0.15, 0.2) is 0 Å². The molecule has 0 saturated heterocycles. The van der Waals surface area contributed by atoms with E-state index in [4.69, 9.17) is 10.5 Å². The third kappa shape index (κ3) is 7.86. The minimum Gasteiger partial charge on any atom is -0.465 e. The highest BCUT2D eigenvalue weighted by Gasteiger charge is 2.26. The van der Waals surface area contributed by atoms with Gasteiger partial charge in [-0.25, -0.2) is 4.79 Å². The van der Waals surface area contributed by atoms with Crippen LogP contribution in [0, 0.1) is 11.8 Å². The number of ether oxygens (including phenoxy) is 1. The van der Waals surface area contributed by atoms with Crippen LogP contribution >= 0.6 is 22.7 Å². The molecule has 0 radical (unpaired) electrons. The van der Waals surface area contributed by atoms with Crippen molar-refractivity contribution in [3.8, 4) is 0 Å². The maximum Gasteiger partial charge on any atom is 0.339 e. The maximum absolute atomic E-state index is 12.7. The Balaban J connectivity index is 0.000000178. The first-order valence-electron chi connectivity index (χ1n) is 17.9. The van der Waals surface area contributed by atoms with Crippen LogP contribution in [-0.2, 0) is 24.2 Å². The number of thiazole rings is 2. The number of hydrogen-bond donors (Lipinski definition) is 1. The first-order chi connectivity index (χ1) is 23.9. The molecule has 3 heterocycles. The maximum atomic E-state index is 12.7. The van der Waals surface area contributed by atoms with Gasteiger partial charge in [-0.3, -0.25) is 23.7 Å². The van der Waals surface area contributed by atoms with E-state index in [0.29, 0.717) is 29.7 Å². The van der Waals surface area contributed by atoms with E-state index in [1.165, 1.54) is 94.0 Å². The number of pyridine rings is 1. The molecule has 0 amide bonds. The number of benzene rings is 2. The molecular formula is C39H46N4O4S2. The van der Waals surface area contributed by atoms with Gasteiger partial charge in [-0.15, -0.1) is 0 Å². The standard InChI is InChI=1S/C25H28N2O3S.C14H18N2OS/c1-30-24(28)20-13-19(18-8-9-18)14-26-21(20)11-17-7-10-22-23(12-17)31-25(29)27(22)15-16-5-3-2-4-6-16;15-11-6-7-12-13(8-11)18-14(17)16(12)9-10-4-2-1-3-5-10/h7,10,12-14,16,18H,2-6,8-9,11,15H2,1H3;6-8,10H,1-5,9,15H2. The van der Waals surface area contributed by atoms with Crippen molar-refractivity contribution in [1.82, 2.24) is 14.1 Å². The highest BCUT2D eigenvalue weighted by Crippen LogP contribution is 2.40. The number of nitrogens with zero attached hydrogens (tertiary/aromatic N) is 3. The Hall–Kier alpha value is -3.76. The van der Waals surface area contributed by atoms with Crippen LogP contribution in [0.5, 0.6) is 0 Å². The van der Waals surface area contributed by atoms with E-state index in [1.807, 2.05) is 39.6 Å². The molecule has 0 atom stereocenters. The van der Waals surface area contributed by atoms with Crippen LogP contribution in [0.3, 0.4) is 0 Å². The highest BCUT2D eigenvalue weighted by molar-refractivity contribution is 7.16. The van der Waals surface area contributed by atoms with E-state index in [1.54, 1.807) is 0 Å². The molecular weight excluding hydrogens is 653 g/mol. The molecule has 3 saturated carbocycles. The summed E-state index contributed by atoms with van der Waals surface area (Å²) in [4.78, 5) is 42.0. The van der Waals surface area contributed by atoms with Gasteiger partial charge in [0, 0.05) is 31.4 Å². The summed E-state index contributed by atoms with van der Waals surface area (Å²) in [7, 11) is 1.41. The number of aromatic nitrogens is 3. The molecule has 2 N–H and O–H groups in total. The molecule has 5 aromatic rings. The third-order valence-electron chi connectivity index (χ3n) is 10.6. The second-order valence-corrected chi connectivity index (χ2v) is 16.2. The Kier molecular flexibility index (Phi) is 10.3. The Morgan fingerprint density at radius 3 is 1.94 bits per heavy atom. The van der Waals surface area contributed by atoms with Crippen LogP contribution < -0.4 is 15.5 Å². The number of methoxy groups -OCH3 is 1. The fourth-order valence-corrected chi connectivity index (χ4v) is 9.59. The van der Waals surface area contributed by atoms with Crippen LogP contribution in [0.4, 0.5) is 5.69 Å². The fraction of sp³-hybridized carbons (Fsp3) is 0.487. The molecule has 2 aromatic carbocycles. The SMILES string of the molecule is COC(=O)c1cc(C2CC2)cnc1Cc1ccc2c(c1)sc(=O)n2CC1CCCCC1.Nc1ccc2c(c1)sc(=O)n2CC1CCCCC1. The Morgan fingerprint density at radius 2 is 1.37 bits per heavy atom. The van der Waals surface area contributed by atoms with Gasteiger partial charge < -0.3 is 10.5 Å². The summed E-state index contributed by atoms with van der Waals surface area (Å²) in [5, 5.41) is 0. The number of carbonyl (C=O) groups excluding carboxylic acids is 1. The molecule has 3 aromatic heterocycles. The molecule has 0 spiro atoms. The zero-order valence-electron chi connectivity index (χ0n) is 28.3. The van der Waals surface area contributed by atoms with Gasteiger partial charge in [0.2, 0.25) is 0 Å². The van der Waals surface area contributed by atoms with Crippen LogP contribution in [0.25, 0.3) is 20.4 Å². The minimum absolute atomic E-state index is 0.125. The minimum atomic E-state index is -0.339. The lowest BCUT2D eigenvalue weighted by atomic mass is 9.89. The van der Waals surface area contributed by atoms with E-state index in [0.717, 1.165) is 68.9 Å². The second kappa shape index (κ2) is 15.0. The number of rotatable bonds is 8. The van der Waals surface area contributed by atoms with E-state index < -0.39 is 0 Å². The summed E-state index contributed by atoms with van der Waals surface area (Å²) in [5.41, 5.74) is 12.0. The van der Waals surface area contributed by atoms with Crippen LogP contribution in [-0.4, -0.2) is 27.2 Å². The molecule has 8 nitrogen and oxygen atoms in total. The van der Waals surface area contributed by atoms with Gasteiger partial charge in [0.25, 0.3) is 0 Å². The van der Waals surface area contributed by atoms with Crippen molar-refractivity contribution in [2.45, 2.75) is 102 Å². The summed E-state index contributed by atoms with van der Waals surface area (Å²) >= 11 is 2.63. The predicted molar refractivity (Wildman–Crippen MR) is 200 cm³/mol. The van der Waals surface area contributed by atoms with Crippen LogP contribution in [0.15, 0.2) is 58.3 Å². The van der Waals surface area contributed by atoms with Crippen molar-refractivity contribution >= 4 is 54.8 Å². The van der Waals surface area contributed by atoms with Crippen molar-refractivity contribution in [1.29, 1.82) is 0 Å². The summed E-state index contributed by atoms with van der Waals surface area (Å²) in [6.07, 6.45) is 17.6.